The molecule has 4 rings (SSSR count). The number of nitrogens with zero attached hydrogens (tertiary/aromatic N) is 5. The zero-order valence-electron chi connectivity index (χ0n) is 22.7. The van der Waals surface area contributed by atoms with E-state index in [4.69, 9.17) is 0 Å². The molecule has 0 aliphatic carbocycles. The monoisotopic (exact) mass is 579 g/mol. The van der Waals surface area contributed by atoms with E-state index in [0.29, 0.717) is 42.1 Å². The predicted octanol–water partition coefficient (Wildman–Crippen LogP) is 7.11. The topological polar surface area (TPSA) is 63.9 Å². The lowest BCUT2D eigenvalue weighted by Gasteiger charge is -2.21. The van der Waals surface area contributed by atoms with Gasteiger partial charge in [0.05, 0.1) is 11.9 Å². The highest BCUT2D eigenvalue weighted by Crippen LogP contribution is 2.36. The molecule has 1 aliphatic heterocycles. The van der Waals surface area contributed by atoms with Crippen LogP contribution in [0.3, 0.4) is 0 Å². The molecule has 41 heavy (non-hydrogen) atoms. The molecule has 0 aromatic carbocycles. The summed E-state index contributed by atoms with van der Waals surface area (Å²) in [6, 6.07) is 8.67. The van der Waals surface area contributed by atoms with Crippen LogP contribution < -0.4 is 0 Å². The lowest BCUT2D eigenvalue weighted by Crippen LogP contribution is -2.34. The summed E-state index contributed by atoms with van der Waals surface area (Å²) in [5.74, 6) is -0.954. The zero-order valence-corrected chi connectivity index (χ0v) is 22.7. The van der Waals surface area contributed by atoms with Crippen molar-refractivity contribution in [2.24, 2.45) is 0 Å². The second kappa shape index (κ2) is 12.4. The molecule has 0 N–H and O–H groups in total. The van der Waals surface area contributed by atoms with Crippen molar-refractivity contribution in [2.45, 2.75) is 70.3 Å². The number of likely N-dealkylation sites (tertiary alicyclic amines) is 1. The van der Waals surface area contributed by atoms with Crippen molar-refractivity contribution in [3.63, 3.8) is 0 Å². The molecule has 220 valence electrons. The minimum absolute atomic E-state index is 0.0152. The van der Waals surface area contributed by atoms with Gasteiger partial charge in [-0.1, -0.05) is 26.0 Å². The standard InChI is InChI=1S/C29H31F6N5O/c1-3-21(28(30,31)32)16-22(29(33,34)35)15-19(2)23-8-4-9-24(38-23)20-7-6-13-39(14-11-20)26(41)17-40-18-37-25-10-5-12-36-27(25)40/h4-5,8-10,12,15-16,18-20H,3,6-7,11,13-14,17H2,1-2H3/b21-16+,22-15+. The largest absolute Gasteiger partial charge is 0.416 e. The number of pyridine rings is 2. The average molecular weight is 580 g/mol. The molecule has 0 spiro atoms. The van der Waals surface area contributed by atoms with Crippen molar-refractivity contribution in [3.8, 4) is 0 Å². The van der Waals surface area contributed by atoms with Gasteiger partial charge in [0, 0.05) is 48.1 Å². The van der Waals surface area contributed by atoms with Crippen LogP contribution in [0.5, 0.6) is 0 Å². The Hall–Kier alpha value is -3.70. The summed E-state index contributed by atoms with van der Waals surface area (Å²) in [7, 11) is 0. The van der Waals surface area contributed by atoms with Gasteiger partial charge in [-0.15, -0.1) is 0 Å². The first kappa shape index (κ1) is 30.3. The van der Waals surface area contributed by atoms with Gasteiger partial charge in [0.25, 0.3) is 0 Å². The Morgan fingerprint density at radius 1 is 1.05 bits per heavy atom. The Bertz CT molecular complexity index is 1420. The molecular formula is C29H31F6N5O. The van der Waals surface area contributed by atoms with Crippen LogP contribution in [0.2, 0.25) is 0 Å². The molecule has 0 bridgehead atoms. The van der Waals surface area contributed by atoms with Crippen LogP contribution >= 0.6 is 0 Å². The number of alkyl halides is 6. The van der Waals surface area contributed by atoms with Gasteiger partial charge in [-0.2, -0.15) is 26.3 Å². The van der Waals surface area contributed by atoms with E-state index < -0.39 is 35.8 Å². The second-order valence-electron chi connectivity index (χ2n) is 10.1. The van der Waals surface area contributed by atoms with Crippen LogP contribution in [0.25, 0.3) is 11.2 Å². The molecule has 0 radical (unpaired) electrons. The van der Waals surface area contributed by atoms with Crippen molar-refractivity contribution in [2.75, 3.05) is 13.1 Å². The first-order chi connectivity index (χ1) is 19.4. The maximum Gasteiger partial charge on any atom is 0.416 e. The average Bonchev–Trinajstić information content (AvgIpc) is 3.15. The quantitative estimate of drug-likeness (QED) is 0.221. The summed E-state index contributed by atoms with van der Waals surface area (Å²) < 4.78 is 82.1. The highest BCUT2D eigenvalue weighted by molar-refractivity contribution is 5.78. The van der Waals surface area contributed by atoms with Crippen molar-refractivity contribution >= 4 is 17.1 Å². The van der Waals surface area contributed by atoms with E-state index in [2.05, 4.69) is 15.0 Å². The van der Waals surface area contributed by atoms with Crippen LogP contribution in [0.4, 0.5) is 26.3 Å². The first-order valence-corrected chi connectivity index (χ1v) is 13.4. The molecule has 1 saturated heterocycles. The molecule has 6 nitrogen and oxygen atoms in total. The van der Waals surface area contributed by atoms with Gasteiger partial charge in [0.1, 0.15) is 12.1 Å². The molecule has 1 amide bonds. The van der Waals surface area contributed by atoms with E-state index in [0.717, 1.165) is 18.9 Å². The maximum absolute atomic E-state index is 13.7. The predicted molar refractivity (Wildman–Crippen MR) is 142 cm³/mol. The lowest BCUT2D eigenvalue weighted by molar-refractivity contribution is -0.131. The molecule has 3 aromatic heterocycles. The van der Waals surface area contributed by atoms with Crippen LogP contribution in [0.15, 0.2) is 66.2 Å². The second-order valence-corrected chi connectivity index (χ2v) is 10.1. The van der Waals surface area contributed by atoms with E-state index in [9.17, 15) is 31.1 Å². The molecule has 3 aromatic rings. The minimum Gasteiger partial charge on any atom is -0.341 e. The number of hydrogen-bond acceptors (Lipinski definition) is 4. The van der Waals surface area contributed by atoms with E-state index >= 15 is 0 Å². The van der Waals surface area contributed by atoms with Crippen molar-refractivity contribution in [1.29, 1.82) is 0 Å². The molecule has 2 atom stereocenters. The van der Waals surface area contributed by atoms with Crippen LogP contribution in [0.1, 0.15) is 62.8 Å². The number of amides is 1. The third-order valence-electron chi connectivity index (χ3n) is 7.27. The fourth-order valence-electron chi connectivity index (χ4n) is 5.00. The number of aromatic nitrogens is 4. The third-order valence-corrected chi connectivity index (χ3v) is 7.27. The van der Waals surface area contributed by atoms with E-state index in [1.165, 1.54) is 13.8 Å². The summed E-state index contributed by atoms with van der Waals surface area (Å²) in [4.78, 5) is 28.0. The summed E-state index contributed by atoms with van der Waals surface area (Å²) in [6.07, 6.45) is -4.09. The van der Waals surface area contributed by atoms with Gasteiger partial charge < -0.3 is 9.47 Å². The molecule has 0 saturated carbocycles. The Labute approximate surface area is 233 Å². The summed E-state index contributed by atoms with van der Waals surface area (Å²) >= 11 is 0. The molecule has 4 heterocycles. The van der Waals surface area contributed by atoms with Gasteiger partial charge >= 0.3 is 12.4 Å². The maximum atomic E-state index is 13.7. The van der Waals surface area contributed by atoms with Crippen LogP contribution in [-0.4, -0.2) is 55.8 Å². The first-order valence-electron chi connectivity index (χ1n) is 13.4. The lowest BCUT2D eigenvalue weighted by atomic mass is 9.95. The number of rotatable bonds is 7. The number of carbonyl (C=O) groups is 1. The highest BCUT2D eigenvalue weighted by atomic mass is 19.4. The molecule has 1 aliphatic rings. The number of halogens is 6. The van der Waals surface area contributed by atoms with Gasteiger partial charge in [-0.05, 0) is 56.0 Å². The van der Waals surface area contributed by atoms with Crippen molar-refractivity contribution < 1.29 is 31.1 Å². The highest BCUT2D eigenvalue weighted by Gasteiger charge is 2.38. The number of hydrogen-bond donors (Lipinski definition) is 0. The smallest absolute Gasteiger partial charge is 0.341 e. The summed E-state index contributed by atoms with van der Waals surface area (Å²) in [5.41, 5.74) is -0.238. The fraction of sp³-hybridized carbons (Fsp3) is 0.448. The Morgan fingerprint density at radius 3 is 2.54 bits per heavy atom. The van der Waals surface area contributed by atoms with Gasteiger partial charge in [-0.25, -0.2) is 9.97 Å². The summed E-state index contributed by atoms with van der Waals surface area (Å²) in [6.45, 7) is 3.81. The summed E-state index contributed by atoms with van der Waals surface area (Å²) in [5, 5.41) is 0. The molecule has 1 fully saturated rings. The Morgan fingerprint density at radius 2 is 1.83 bits per heavy atom. The normalized spacial score (nSPS) is 18.4. The van der Waals surface area contributed by atoms with E-state index in [1.807, 2.05) is 6.07 Å². The van der Waals surface area contributed by atoms with Crippen molar-refractivity contribution in [1.82, 2.24) is 24.4 Å². The molecule has 12 heteroatoms. The fourth-order valence-corrected chi connectivity index (χ4v) is 5.00. The number of carbonyl (C=O) groups excluding carboxylic acids is 1. The molecular weight excluding hydrogens is 548 g/mol. The molecule has 2 unspecified atom stereocenters. The SMILES string of the molecule is CC/C(=C\C(=C/C(C)c1cccc(C2CCCN(C(=O)Cn3cnc4cccnc43)CC2)n1)C(F)(F)F)C(F)(F)F. The Balaban J connectivity index is 1.47. The van der Waals surface area contributed by atoms with Crippen molar-refractivity contribution in [3.05, 3.63) is 77.5 Å². The van der Waals surface area contributed by atoms with Crippen LogP contribution in [0, 0.1) is 0 Å². The van der Waals surface area contributed by atoms with Crippen LogP contribution in [-0.2, 0) is 11.3 Å². The van der Waals surface area contributed by atoms with E-state index in [-0.39, 0.29) is 24.4 Å². The minimum atomic E-state index is -4.95. The van der Waals surface area contributed by atoms with Gasteiger partial charge in [0.2, 0.25) is 5.91 Å². The number of allylic oxidation sites excluding steroid dienone is 4. The van der Waals surface area contributed by atoms with Gasteiger partial charge in [0.15, 0.2) is 5.65 Å². The third kappa shape index (κ3) is 7.53. The van der Waals surface area contributed by atoms with E-state index in [1.54, 1.807) is 46.3 Å². The zero-order chi connectivity index (χ0) is 29.8. The van der Waals surface area contributed by atoms with Gasteiger partial charge in [-0.3, -0.25) is 9.78 Å². The Kier molecular flexibility index (Phi) is 9.18. The number of imidazole rings is 1. The number of fused-ring (bicyclic) bond motifs is 1.